The summed E-state index contributed by atoms with van der Waals surface area (Å²) in [6, 6.07) is 17.3. The molecule has 1 aliphatic rings. The largest absolute Gasteiger partial charge is 0.503 e. The fraction of sp³-hybridized carbons (Fsp3) is 0.130. The molecule has 3 aromatic rings. The number of anilines is 1. The minimum absolute atomic E-state index is 0.0196. The summed E-state index contributed by atoms with van der Waals surface area (Å²) in [6.45, 7) is 3.89. The van der Waals surface area contributed by atoms with Gasteiger partial charge in [0.15, 0.2) is 11.5 Å². The number of amides is 1. The molecule has 0 aliphatic carbocycles. The number of carbonyl (C=O) groups excluding carboxylic acids is 2. The van der Waals surface area contributed by atoms with E-state index in [4.69, 9.17) is 4.42 Å². The van der Waals surface area contributed by atoms with Crippen LogP contribution in [-0.4, -0.2) is 16.8 Å². The monoisotopic (exact) mass is 373 g/mol. The van der Waals surface area contributed by atoms with Crippen molar-refractivity contribution >= 4 is 17.4 Å². The predicted molar refractivity (Wildman–Crippen MR) is 105 cm³/mol. The zero-order chi connectivity index (χ0) is 19.8. The van der Waals surface area contributed by atoms with Crippen LogP contribution < -0.4 is 4.90 Å². The van der Waals surface area contributed by atoms with Gasteiger partial charge in [0.05, 0.1) is 17.9 Å². The van der Waals surface area contributed by atoms with Gasteiger partial charge in [0.2, 0.25) is 5.78 Å². The maximum Gasteiger partial charge on any atom is 0.294 e. The first-order chi connectivity index (χ1) is 13.5. The van der Waals surface area contributed by atoms with E-state index in [1.807, 2.05) is 62.4 Å². The molecule has 140 valence electrons. The molecule has 2 heterocycles. The Hall–Kier alpha value is -3.60. The van der Waals surface area contributed by atoms with E-state index in [0.29, 0.717) is 5.69 Å². The molecule has 0 radical (unpaired) electrons. The number of aryl methyl sites for hydroxylation is 2. The molecular formula is C23H19NO4. The summed E-state index contributed by atoms with van der Waals surface area (Å²) in [4.78, 5) is 27.5. The molecule has 4 rings (SSSR count). The maximum absolute atomic E-state index is 13.1. The highest BCUT2D eigenvalue weighted by Gasteiger charge is 2.45. The molecule has 1 aliphatic heterocycles. The number of hydrogen-bond donors (Lipinski definition) is 1. The molecule has 1 N–H and O–H groups in total. The Kier molecular flexibility index (Phi) is 4.35. The van der Waals surface area contributed by atoms with Gasteiger partial charge in [0.25, 0.3) is 5.91 Å². The van der Waals surface area contributed by atoms with Gasteiger partial charge < -0.3 is 9.52 Å². The van der Waals surface area contributed by atoms with Gasteiger partial charge in [0.1, 0.15) is 0 Å². The number of Topliss-reactive ketones (excluding diaryl/α,β-unsaturated/α-hetero) is 1. The summed E-state index contributed by atoms with van der Waals surface area (Å²) in [5.74, 6) is -1.58. The van der Waals surface area contributed by atoms with Crippen molar-refractivity contribution in [3.8, 4) is 0 Å². The van der Waals surface area contributed by atoms with Crippen LogP contribution in [0.4, 0.5) is 5.69 Å². The average Bonchev–Trinajstić information content (AvgIpc) is 3.30. The van der Waals surface area contributed by atoms with Crippen molar-refractivity contribution in [3.63, 3.8) is 0 Å². The van der Waals surface area contributed by atoms with Gasteiger partial charge in [-0.05, 0) is 43.7 Å². The van der Waals surface area contributed by atoms with Gasteiger partial charge >= 0.3 is 0 Å². The highest BCUT2D eigenvalue weighted by Crippen LogP contribution is 2.42. The lowest BCUT2D eigenvalue weighted by Gasteiger charge is -2.27. The molecule has 5 heteroatoms. The summed E-state index contributed by atoms with van der Waals surface area (Å²) in [5.41, 5.74) is 3.41. The van der Waals surface area contributed by atoms with Crippen molar-refractivity contribution in [2.24, 2.45) is 0 Å². The lowest BCUT2D eigenvalue weighted by Crippen LogP contribution is -2.31. The van der Waals surface area contributed by atoms with Gasteiger partial charge in [-0.2, -0.15) is 0 Å². The molecule has 0 bridgehead atoms. The molecule has 1 atom stereocenters. The summed E-state index contributed by atoms with van der Waals surface area (Å²) in [5, 5.41) is 10.6. The number of hydrogen-bond acceptors (Lipinski definition) is 4. The Morgan fingerprint density at radius 2 is 1.75 bits per heavy atom. The van der Waals surface area contributed by atoms with Crippen LogP contribution in [0.5, 0.6) is 0 Å². The molecule has 5 nitrogen and oxygen atoms in total. The number of furan rings is 1. The van der Waals surface area contributed by atoms with Crippen molar-refractivity contribution in [1.29, 1.82) is 0 Å². The third kappa shape index (κ3) is 2.91. The van der Waals surface area contributed by atoms with E-state index < -0.39 is 23.5 Å². The lowest BCUT2D eigenvalue weighted by atomic mass is 9.94. The molecule has 1 amide bonds. The Balaban J connectivity index is 1.89. The molecule has 0 spiro atoms. The minimum Gasteiger partial charge on any atom is -0.503 e. The average molecular weight is 373 g/mol. The van der Waals surface area contributed by atoms with E-state index in [-0.39, 0.29) is 11.3 Å². The standard InChI is InChI=1S/C23H19NO4/c1-14-8-10-17(11-9-14)24-20(16-6-3-5-15(2)13-16)19(22(26)23(24)27)21(25)18-7-4-12-28-18/h3-13,20,26H,1-2H3. The van der Waals surface area contributed by atoms with Crippen LogP contribution in [0.3, 0.4) is 0 Å². The molecule has 0 saturated heterocycles. The molecule has 28 heavy (non-hydrogen) atoms. The van der Waals surface area contributed by atoms with Gasteiger partial charge in [0, 0.05) is 5.69 Å². The van der Waals surface area contributed by atoms with Crippen LogP contribution >= 0.6 is 0 Å². The van der Waals surface area contributed by atoms with E-state index >= 15 is 0 Å². The number of aliphatic hydroxyl groups excluding tert-OH is 1. The SMILES string of the molecule is Cc1ccc(N2C(=O)C(O)=C(C(=O)c3ccco3)C2c2cccc(C)c2)cc1. The minimum atomic E-state index is -0.743. The third-order valence-electron chi connectivity index (χ3n) is 4.87. The number of ketones is 1. The third-order valence-corrected chi connectivity index (χ3v) is 4.87. The van der Waals surface area contributed by atoms with Crippen LogP contribution in [0.15, 0.2) is 82.7 Å². The van der Waals surface area contributed by atoms with Crippen LogP contribution in [0.2, 0.25) is 0 Å². The normalized spacial score (nSPS) is 16.7. The van der Waals surface area contributed by atoms with Gasteiger partial charge in [-0.25, -0.2) is 0 Å². The molecule has 0 saturated carbocycles. The zero-order valence-electron chi connectivity index (χ0n) is 15.5. The number of rotatable bonds is 4. The van der Waals surface area contributed by atoms with E-state index in [9.17, 15) is 14.7 Å². The van der Waals surface area contributed by atoms with Crippen LogP contribution in [0.1, 0.15) is 33.3 Å². The number of benzene rings is 2. The second kappa shape index (κ2) is 6.85. The second-order valence-corrected chi connectivity index (χ2v) is 6.90. The van der Waals surface area contributed by atoms with Crippen molar-refractivity contribution in [2.75, 3.05) is 4.90 Å². The van der Waals surface area contributed by atoms with Crippen molar-refractivity contribution < 1.29 is 19.1 Å². The Labute approximate surface area is 162 Å². The quantitative estimate of drug-likeness (QED) is 0.674. The highest BCUT2D eigenvalue weighted by atomic mass is 16.3. The van der Waals surface area contributed by atoms with Crippen LogP contribution in [0, 0.1) is 13.8 Å². The summed E-state index contributed by atoms with van der Waals surface area (Å²) in [6.07, 6.45) is 1.39. The molecular weight excluding hydrogens is 354 g/mol. The molecule has 1 unspecified atom stereocenters. The van der Waals surface area contributed by atoms with E-state index in [1.165, 1.54) is 17.2 Å². The number of nitrogens with zero attached hydrogens (tertiary/aromatic N) is 1. The van der Waals surface area contributed by atoms with Gasteiger partial charge in [-0.3, -0.25) is 14.5 Å². The van der Waals surface area contributed by atoms with E-state index in [1.54, 1.807) is 6.07 Å². The van der Waals surface area contributed by atoms with E-state index in [2.05, 4.69) is 0 Å². The first-order valence-electron chi connectivity index (χ1n) is 8.95. The highest BCUT2D eigenvalue weighted by molar-refractivity contribution is 6.20. The zero-order valence-corrected chi connectivity index (χ0v) is 15.5. The lowest BCUT2D eigenvalue weighted by molar-refractivity contribution is -0.117. The summed E-state index contributed by atoms with van der Waals surface area (Å²) in [7, 11) is 0. The molecule has 1 aromatic heterocycles. The van der Waals surface area contributed by atoms with Gasteiger partial charge in [-0.15, -0.1) is 0 Å². The van der Waals surface area contributed by atoms with Crippen LogP contribution in [-0.2, 0) is 4.79 Å². The van der Waals surface area contributed by atoms with Crippen molar-refractivity contribution in [1.82, 2.24) is 0 Å². The van der Waals surface area contributed by atoms with E-state index in [0.717, 1.165) is 16.7 Å². The Bertz CT molecular complexity index is 1080. The smallest absolute Gasteiger partial charge is 0.294 e. The topological polar surface area (TPSA) is 70.8 Å². The fourth-order valence-electron chi connectivity index (χ4n) is 3.50. The Morgan fingerprint density at radius 1 is 1.00 bits per heavy atom. The molecule has 2 aromatic carbocycles. The molecule has 0 fully saturated rings. The van der Waals surface area contributed by atoms with Crippen molar-refractivity contribution in [2.45, 2.75) is 19.9 Å². The number of aliphatic hydroxyl groups is 1. The first kappa shape index (κ1) is 17.8. The van der Waals surface area contributed by atoms with Crippen molar-refractivity contribution in [3.05, 3.63) is 101 Å². The van der Waals surface area contributed by atoms with Crippen LogP contribution in [0.25, 0.3) is 0 Å². The summed E-state index contributed by atoms with van der Waals surface area (Å²) >= 11 is 0. The predicted octanol–water partition coefficient (Wildman–Crippen LogP) is 4.68. The van der Waals surface area contributed by atoms with Gasteiger partial charge in [-0.1, -0.05) is 47.5 Å². The second-order valence-electron chi connectivity index (χ2n) is 6.90. The first-order valence-corrected chi connectivity index (χ1v) is 8.95. The fourth-order valence-corrected chi connectivity index (χ4v) is 3.50. The summed E-state index contributed by atoms with van der Waals surface area (Å²) < 4.78 is 5.23. The Morgan fingerprint density at radius 3 is 2.39 bits per heavy atom. The maximum atomic E-state index is 13.1. The number of carbonyl (C=O) groups is 2.